The van der Waals surface area contributed by atoms with Gasteiger partial charge in [0.25, 0.3) is 5.69 Å². The van der Waals surface area contributed by atoms with Crippen molar-refractivity contribution in [1.29, 1.82) is 0 Å². The van der Waals surface area contributed by atoms with Crippen molar-refractivity contribution in [2.24, 2.45) is 0 Å². The summed E-state index contributed by atoms with van der Waals surface area (Å²) in [5, 5.41) is 14.7. The van der Waals surface area contributed by atoms with Crippen molar-refractivity contribution >= 4 is 23.3 Å². The Bertz CT molecular complexity index is 1240. The number of aldehydes is 1. The first-order valence-corrected chi connectivity index (χ1v) is 11.5. The number of nitro benzene ring substituents is 1. The molecule has 1 heterocycles. The molecule has 0 spiro atoms. The summed E-state index contributed by atoms with van der Waals surface area (Å²) in [7, 11) is 3.59. The highest BCUT2D eigenvalue weighted by atomic mass is 16.6. The molecule has 8 nitrogen and oxygen atoms in total. The summed E-state index contributed by atoms with van der Waals surface area (Å²) in [5.41, 5.74) is 5.24. The fourth-order valence-corrected chi connectivity index (χ4v) is 4.45. The number of rotatable bonds is 10. The Morgan fingerprint density at radius 3 is 2.60 bits per heavy atom. The lowest BCUT2D eigenvalue weighted by molar-refractivity contribution is -0.385. The van der Waals surface area contributed by atoms with E-state index in [1.54, 1.807) is 18.2 Å². The SMILES string of the molecule is CCc1cc(COc2cc(NCC3Cc4ccccc4N3C)c(C=O)cc2OC)cc([N+](=O)[O-])c1. The molecule has 1 atom stereocenters. The summed E-state index contributed by atoms with van der Waals surface area (Å²) >= 11 is 0. The Morgan fingerprint density at radius 2 is 1.91 bits per heavy atom. The van der Waals surface area contributed by atoms with E-state index in [2.05, 4.69) is 29.4 Å². The lowest BCUT2D eigenvalue weighted by atomic mass is 10.1. The number of methoxy groups -OCH3 is 1. The van der Waals surface area contributed by atoms with Crippen LogP contribution >= 0.6 is 0 Å². The Balaban J connectivity index is 1.52. The minimum Gasteiger partial charge on any atom is -0.493 e. The van der Waals surface area contributed by atoms with Gasteiger partial charge in [0, 0.05) is 48.7 Å². The number of ether oxygens (including phenoxy) is 2. The van der Waals surface area contributed by atoms with Crippen LogP contribution < -0.4 is 19.7 Å². The zero-order chi connectivity index (χ0) is 24.9. The second-order valence-corrected chi connectivity index (χ2v) is 8.59. The van der Waals surface area contributed by atoms with E-state index >= 15 is 0 Å². The maximum absolute atomic E-state index is 11.8. The molecule has 1 aliphatic rings. The highest BCUT2D eigenvalue weighted by Crippen LogP contribution is 2.35. The van der Waals surface area contributed by atoms with Crippen LogP contribution in [-0.2, 0) is 19.4 Å². The largest absolute Gasteiger partial charge is 0.493 e. The van der Waals surface area contributed by atoms with Gasteiger partial charge in [0.2, 0.25) is 0 Å². The number of carbonyl (C=O) groups excluding carboxylic acids is 1. The minimum atomic E-state index is -0.400. The summed E-state index contributed by atoms with van der Waals surface area (Å²) in [5.74, 6) is 0.873. The molecular formula is C27H29N3O5. The van der Waals surface area contributed by atoms with Crippen LogP contribution in [0.4, 0.5) is 17.1 Å². The Hall–Kier alpha value is -4.07. The maximum Gasteiger partial charge on any atom is 0.270 e. The third kappa shape index (κ3) is 5.21. The van der Waals surface area contributed by atoms with Crippen LogP contribution in [0.3, 0.4) is 0 Å². The first-order chi connectivity index (χ1) is 16.9. The number of nitrogens with one attached hydrogen (secondary N) is 1. The number of hydrogen-bond acceptors (Lipinski definition) is 7. The van der Waals surface area contributed by atoms with Gasteiger partial charge in [-0.15, -0.1) is 0 Å². The predicted molar refractivity (Wildman–Crippen MR) is 136 cm³/mol. The van der Waals surface area contributed by atoms with E-state index in [0.29, 0.717) is 41.3 Å². The normalized spacial score (nSPS) is 14.4. The number of carbonyl (C=O) groups is 1. The number of para-hydroxylation sites is 1. The molecule has 0 aromatic heterocycles. The molecule has 1 aliphatic heterocycles. The number of hydrogen-bond donors (Lipinski definition) is 1. The topological polar surface area (TPSA) is 93.9 Å². The molecule has 3 aromatic carbocycles. The molecule has 0 radical (unpaired) electrons. The van der Waals surface area contributed by atoms with Crippen LogP contribution in [0, 0.1) is 10.1 Å². The molecule has 1 N–H and O–H groups in total. The Kier molecular flexibility index (Phi) is 7.19. The Labute approximate surface area is 204 Å². The first-order valence-electron chi connectivity index (χ1n) is 11.5. The van der Waals surface area contributed by atoms with Gasteiger partial charge in [0.15, 0.2) is 17.8 Å². The first kappa shape index (κ1) is 24.1. The number of benzene rings is 3. The highest BCUT2D eigenvalue weighted by Gasteiger charge is 2.26. The average Bonchev–Trinajstić information content (AvgIpc) is 3.21. The van der Waals surface area contributed by atoms with Crippen LogP contribution in [0.15, 0.2) is 54.6 Å². The lowest BCUT2D eigenvalue weighted by Gasteiger charge is -2.24. The van der Waals surface area contributed by atoms with Crippen LogP contribution in [0.25, 0.3) is 0 Å². The number of non-ortho nitro benzene ring substituents is 1. The third-order valence-electron chi connectivity index (χ3n) is 6.42. The molecule has 0 bridgehead atoms. The van der Waals surface area contributed by atoms with Gasteiger partial charge >= 0.3 is 0 Å². The molecule has 8 heteroatoms. The second kappa shape index (κ2) is 10.5. The van der Waals surface area contributed by atoms with Crippen molar-refractivity contribution in [1.82, 2.24) is 0 Å². The van der Waals surface area contributed by atoms with Crippen LogP contribution in [0.5, 0.6) is 11.5 Å². The maximum atomic E-state index is 11.8. The van der Waals surface area contributed by atoms with E-state index in [-0.39, 0.29) is 18.3 Å². The number of anilines is 2. The van der Waals surface area contributed by atoms with E-state index in [0.717, 1.165) is 18.3 Å². The molecule has 0 amide bonds. The van der Waals surface area contributed by atoms with Gasteiger partial charge in [-0.3, -0.25) is 14.9 Å². The van der Waals surface area contributed by atoms with E-state index in [1.165, 1.54) is 24.4 Å². The summed E-state index contributed by atoms with van der Waals surface area (Å²) < 4.78 is 11.5. The number of nitrogens with zero attached hydrogens (tertiary/aromatic N) is 2. The summed E-state index contributed by atoms with van der Waals surface area (Å²) in [6.07, 6.45) is 2.39. The van der Waals surface area contributed by atoms with Gasteiger partial charge in [-0.05, 0) is 41.7 Å². The molecule has 4 rings (SSSR count). The monoisotopic (exact) mass is 475 g/mol. The molecule has 0 aliphatic carbocycles. The fourth-order valence-electron chi connectivity index (χ4n) is 4.45. The van der Waals surface area contributed by atoms with Gasteiger partial charge in [-0.25, -0.2) is 0 Å². The third-order valence-corrected chi connectivity index (χ3v) is 6.42. The molecule has 1 unspecified atom stereocenters. The molecular weight excluding hydrogens is 446 g/mol. The highest BCUT2D eigenvalue weighted by molar-refractivity contribution is 5.86. The smallest absolute Gasteiger partial charge is 0.270 e. The minimum absolute atomic E-state index is 0.0373. The standard InChI is InChI=1S/C27H29N3O5/c1-4-18-9-19(11-22(10-18)30(32)33)17-35-27-14-24(21(16-31)13-26(27)34-3)28-15-23-12-20-7-5-6-8-25(20)29(23)2/h5-11,13-14,16,23,28H,4,12,15,17H2,1-3H3. The van der Waals surface area contributed by atoms with Crippen LogP contribution in [-0.4, -0.2) is 38.0 Å². The van der Waals surface area contributed by atoms with E-state index < -0.39 is 4.92 Å². The number of nitro groups is 1. The van der Waals surface area contributed by atoms with Gasteiger partial charge in [-0.2, -0.15) is 0 Å². The van der Waals surface area contributed by atoms with E-state index in [1.807, 2.05) is 25.1 Å². The quantitative estimate of drug-likeness (QED) is 0.250. The molecule has 0 saturated carbocycles. The van der Waals surface area contributed by atoms with Crippen molar-refractivity contribution in [2.45, 2.75) is 32.4 Å². The van der Waals surface area contributed by atoms with Crippen molar-refractivity contribution in [3.8, 4) is 11.5 Å². The molecule has 0 fully saturated rings. The predicted octanol–water partition coefficient (Wildman–Crippen LogP) is 5.03. The number of fused-ring (bicyclic) bond motifs is 1. The molecule has 0 saturated heterocycles. The van der Waals surface area contributed by atoms with Crippen molar-refractivity contribution in [2.75, 3.05) is 30.9 Å². The van der Waals surface area contributed by atoms with Crippen molar-refractivity contribution < 1.29 is 19.2 Å². The molecule has 182 valence electrons. The van der Waals surface area contributed by atoms with Crippen molar-refractivity contribution in [3.63, 3.8) is 0 Å². The van der Waals surface area contributed by atoms with Crippen molar-refractivity contribution in [3.05, 3.63) is 87.0 Å². The zero-order valence-electron chi connectivity index (χ0n) is 20.1. The van der Waals surface area contributed by atoms with Crippen LogP contribution in [0.1, 0.15) is 34.0 Å². The summed E-state index contributed by atoms with van der Waals surface area (Å²) in [6, 6.07) is 17.0. The molecule has 3 aromatic rings. The van der Waals surface area contributed by atoms with Gasteiger partial charge in [0.1, 0.15) is 6.61 Å². The Morgan fingerprint density at radius 1 is 1.14 bits per heavy atom. The fraction of sp³-hybridized carbons (Fsp3) is 0.296. The van der Waals surface area contributed by atoms with Crippen LogP contribution in [0.2, 0.25) is 0 Å². The van der Waals surface area contributed by atoms with Gasteiger partial charge in [0.05, 0.1) is 18.1 Å². The van der Waals surface area contributed by atoms with E-state index in [4.69, 9.17) is 9.47 Å². The lowest BCUT2D eigenvalue weighted by Crippen LogP contribution is -2.34. The summed E-state index contributed by atoms with van der Waals surface area (Å²) in [4.78, 5) is 24.9. The zero-order valence-corrected chi connectivity index (χ0v) is 20.1. The average molecular weight is 476 g/mol. The number of likely N-dealkylation sites (N-methyl/N-ethyl adjacent to an activating group) is 1. The van der Waals surface area contributed by atoms with Gasteiger partial charge < -0.3 is 19.7 Å². The summed E-state index contributed by atoms with van der Waals surface area (Å²) in [6.45, 7) is 2.72. The van der Waals surface area contributed by atoms with Gasteiger partial charge in [-0.1, -0.05) is 31.2 Å². The van der Waals surface area contributed by atoms with E-state index in [9.17, 15) is 14.9 Å². The second-order valence-electron chi connectivity index (χ2n) is 8.59. The molecule has 35 heavy (non-hydrogen) atoms. The number of aryl methyl sites for hydroxylation is 1.